The largest absolute Gasteiger partial charge is 0.454 e. The van der Waals surface area contributed by atoms with Crippen LogP contribution >= 0.6 is 0 Å². The molecule has 0 amide bonds. The van der Waals surface area contributed by atoms with Crippen LogP contribution in [0.15, 0.2) is 36.4 Å². The van der Waals surface area contributed by atoms with Crippen LogP contribution in [0.2, 0.25) is 0 Å². The van der Waals surface area contributed by atoms with Gasteiger partial charge in [0.2, 0.25) is 5.82 Å². The first kappa shape index (κ1) is 14.5. The van der Waals surface area contributed by atoms with Gasteiger partial charge in [-0.3, -0.25) is 0 Å². The maximum atomic E-state index is 13.5. The number of hydrogen-bond donors (Lipinski definition) is 0. The van der Waals surface area contributed by atoms with Crippen molar-refractivity contribution in [3.05, 3.63) is 59.2 Å². The number of halogens is 2. The van der Waals surface area contributed by atoms with Crippen LogP contribution in [0.4, 0.5) is 8.78 Å². The van der Waals surface area contributed by atoms with Gasteiger partial charge < -0.3 is 4.74 Å². The molecule has 0 fully saturated rings. The molecular formula is C17H18F2O. The summed E-state index contributed by atoms with van der Waals surface area (Å²) in [6.45, 7) is 4.15. The Kier molecular flexibility index (Phi) is 4.72. The lowest BCUT2D eigenvalue weighted by atomic mass is 10.0. The maximum absolute atomic E-state index is 13.5. The first-order valence-electron chi connectivity index (χ1n) is 6.83. The van der Waals surface area contributed by atoms with Crippen molar-refractivity contribution in [2.24, 2.45) is 0 Å². The fraction of sp³-hybridized carbons (Fsp3) is 0.294. The van der Waals surface area contributed by atoms with E-state index in [0.29, 0.717) is 5.75 Å². The lowest BCUT2D eigenvalue weighted by Gasteiger charge is -2.10. The molecule has 0 bridgehead atoms. The van der Waals surface area contributed by atoms with Gasteiger partial charge in [-0.1, -0.05) is 25.5 Å². The number of aryl methyl sites for hydroxylation is 2. The molecule has 0 aliphatic rings. The molecule has 0 saturated heterocycles. The summed E-state index contributed by atoms with van der Waals surface area (Å²) in [6, 6.07) is 9.55. The second kappa shape index (κ2) is 6.51. The van der Waals surface area contributed by atoms with E-state index in [9.17, 15) is 8.78 Å². The monoisotopic (exact) mass is 276 g/mol. The van der Waals surface area contributed by atoms with E-state index in [0.717, 1.165) is 30.9 Å². The molecule has 106 valence electrons. The average Bonchev–Trinajstić information content (AvgIpc) is 2.43. The minimum Gasteiger partial charge on any atom is -0.454 e. The summed E-state index contributed by atoms with van der Waals surface area (Å²) in [7, 11) is 0. The van der Waals surface area contributed by atoms with Crippen molar-refractivity contribution in [2.45, 2.75) is 33.1 Å². The smallest absolute Gasteiger partial charge is 0.201 e. The van der Waals surface area contributed by atoms with Crippen molar-refractivity contribution in [3.8, 4) is 11.5 Å². The molecular weight excluding hydrogens is 258 g/mol. The van der Waals surface area contributed by atoms with E-state index < -0.39 is 11.6 Å². The molecule has 1 nitrogen and oxygen atoms in total. The molecule has 2 aromatic carbocycles. The van der Waals surface area contributed by atoms with Crippen LogP contribution in [0.3, 0.4) is 0 Å². The standard InChI is InChI=1S/C17H18F2O/c1-3-4-6-13-9-10-14(11-12(13)2)20-16-8-5-7-15(18)17(16)19/h5,7-11H,3-4,6H2,1-2H3. The molecule has 0 saturated carbocycles. The Morgan fingerprint density at radius 2 is 1.90 bits per heavy atom. The summed E-state index contributed by atoms with van der Waals surface area (Å²) in [4.78, 5) is 0. The summed E-state index contributed by atoms with van der Waals surface area (Å²) in [6.07, 6.45) is 3.31. The highest BCUT2D eigenvalue weighted by Crippen LogP contribution is 2.27. The molecule has 0 heterocycles. The molecule has 0 radical (unpaired) electrons. The summed E-state index contributed by atoms with van der Waals surface area (Å²) in [5.74, 6) is -1.43. The van der Waals surface area contributed by atoms with Gasteiger partial charge in [0, 0.05) is 0 Å². The lowest BCUT2D eigenvalue weighted by Crippen LogP contribution is -1.94. The van der Waals surface area contributed by atoms with Gasteiger partial charge in [-0.25, -0.2) is 4.39 Å². The molecule has 2 aromatic rings. The third-order valence-electron chi connectivity index (χ3n) is 3.26. The SMILES string of the molecule is CCCCc1ccc(Oc2cccc(F)c2F)cc1C. The summed E-state index contributed by atoms with van der Waals surface area (Å²) in [5, 5.41) is 0. The van der Waals surface area contributed by atoms with Gasteiger partial charge in [0.1, 0.15) is 5.75 Å². The maximum Gasteiger partial charge on any atom is 0.201 e. The van der Waals surface area contributed by atoms with Crippen LogP contribution in [0.1, 0.15) is 30.9 Å². The first-order valence-corrected chi connectivity index (χ1v) is 6.83. The Bertz CT molecular complexity index is 594. The van der Waals surface area contributed by atoms with E-state index in [1.165, 1.54) is 17.7 Å². The number of rotatable bonds is 5. The van der Waals surface area contributed by atoms with E-state index in [1.54, 1.807) is 6.07 Å². The van der Waals surface area contributed by atoms with Gasteiger partial charge in [0.05, 0.1) is 0 Å². The first-order chi connectivity index (χ1) is 9.61. The van der Waals surface area contributed by atoms with E-state index >= 15 is 0 Å². The van der Waals surface area contributed by atoms with Crippen molar-refractivity contribution >= 4 is 0 Å². The van der Waals surface area contributed by atoms with E-state index in [4.69, 9.17) is 4.74 Å². The predicted octanol–water partition coefficient (Wildman–Crippen LogP) is 5.41. The van der Waals surface area contributed by atoms with E-state index in [1.807, 2.05) is 19.1 Å². The van der Waals surface area contributed by atoms with Crippen molar-refractivity contribution in [2.75, 3.05) is 0 Å². The average molecular weight is 276 g/mol. The zero-order chi connectivity index (χ0) is 14.5. The topological polar surface area (TPSA) is 9.23 Å². The van der Waals surface area contributed by atoms with Crippen molar-refractivity contribution < 1.29 is 13.5 Å². The van der Waals surface area contributed by atoms with Crippen LogP contribution in [0.5, 0.6) is 11.5 Å². The van der Waals surface area contributed by atoms with Crippen LogP contribution in [-0.2, 0) is 6.42 Å². The zero-order valence-corrected chi connectivity index (χ0v) is 11.7. The second-order valence-corrected chi connectivity index (χ2v) is 4.85. The van der Waals surface area contributed by atoms with Gasteiger partial charge in [-0.2, -0.15) is 4.39 Å². The van der Waals surface area contributed by atoms with Crippen LogP contribution in [0.25, 0.3) is 0 Å². The van der Waals surface area contributed by atoms with E-state index in [-0.39, 0.29) is 5.75 Å². The molecule has 0 aliphatic carbocycles. The van der Waals surface area contributed by atoms with E-state index in [2.05, 4.69) is 6.92 Å². The molecule has 20 heavy (non-hydrogen) atoms. The van der Waals surface area contributed by atoms with Gasteiger partial charge in [0.15, 0.2) is 11.6 Å². The highest BCUT2D eigenvalue weighted by Gasteiger charge is 2.10. The highest BCUT2D eigenvalue weighted by atomic mass is 19.2. The summed E-state index contributed by atoms with van der Waals surface area (Å²) >= 11 is 0. The van der Waals surface area contributed by atoms with Gasteiger partial charge >= 0.3 is 0 Å². The van der Waals surface area contributed by atoms with Crippen LogP contribution in [-0.4, -0.2) is 0 Å². The Morgan fingerprint density at radius 3 is 2.60 bits per heavy atom. The Balaban J connectivity index is 2.18. The zero-order valence-electron chi connectivity index (χ0n) is 11.7. The minimum atomic E-state index is -0.958. The van der Waals surface area contributed by atoms with Gasteiger partial charge in [-0.05, 0) is 55.2 Å². The fourth-order valence-electron chi connectivity index (χ4n) is 2.07. The van der Waals surface area contributed by atoms with Crippen molar-refractivity contribution in [1.82, 2.24) is 0 Å². The number of hydrogen-bond acceptors (Lipinski definition) is 1. The van der Waals surface area contributed by atoms with Crippen LogP contribution in [0, 0.1) is 18.6 Å². The van der Waals surface area contributed by atoms with Crippen molar-refractivity contribution in [1.29, 1.82) is 0 Å². The Labute approximate surface area is 118 Å². The highest BCUT2D eigenvalue weighted by molar-refractivity contribution is 5.38. The number of benzene rings is 2. The van der Waals surface area contributed by atoms with Gasteiger partial charge in [0.25, 0.3) is 0 Å². The minimum absolute atomic E-state index is 0.0919. The molecule has 0 aliphatic heterocycles. The molecule has 0 spiro atoms. The molecule has 0 unspecified atom stereocenters. The number of unbranched alkanes of at least 4 members (excludes halogenated alkanes) is 1. The van der Waals surface area contributed by atoms with Crippen LogP contribution < -0.4 is 4.74 Å². The molecule has 3 heteroatoms. The third kappa shape index (κ3) is 3.35. The lowest BCUT2D eigenvalue weighted by molar-refractivity contribution is 0.416. The fourth-order valence-corrected chi connectivity index (χ4v) is 2.07. The van der Waals surface area contributed by atoms with Crippen molar-refractivity contribution in [3.63, 3.8) is 0 Å². The summed E-state index contributed by atoms with van der Waals surface area (Å²) < 4.78 is 32.1. The molecule has 0 atom stereocenters. The van der Waals surface area contributed by atoms with Gasteiger partial charge in [-0.15, -0.1) is 0 Å². The quantitative estimate of drug-likeness (QED) is 0.709. The number of ether oxygens (including phenoxy) is 1. The molecule has 2 rings (SSSR count). The molecule has 0 N–H and O–H groups in total. The third-order valence-corrected chi connectivity index (χ3v) is 3.26. The second-order valence-electron chi connectivity index (χ2n) is 4.85. The Morgan fingerprint density at radius 1 is 1.10 bits per heavy atom. The summed E-state index contributed by atoms with van der Waals surface area (Å²) in [5.41, 5.74) is 2.37. The predicted molar refractivity (Wildman–Crippen MR) is 76.2 cm³/mol. The normalized spacial score (nSPS) is 10.6. The molecule has 0 aromatic heterocycles. The Hall–Kier alpha value is -1.90.